The molecule has 24 heavy (non-hydrogen) atoms. The first-order chi connectivity index (χ1) is 11.8. The molecule has 5 nitrogen and oxygen atoms in total. The van der Waals surface area contributed by atoms with Gasteiger partial charge in [0.25, 0.3) is 0 Å². The van der Waals surface area contributed by atoms with Crippen molar-refractivity contribution >= 4 is 29.1 Å². The SMILES string of the molecule is Clc1ccc(Nc2cnnc(NCCCc3ccccc3)n2)cc1. The van der Waals surface area contributed by atoms with E-state index in [2.05, 4.69) is 50.1 Å². The number of rotatable bonds is 7. The molecule has 0 aliphatic rings. The van der Waals surface area contributed by atoms with Gasteiger partial charge in [-0.15, -0.1) is 5.10 Å². The van der Waals surface area contributed by atoms with Crippen LogP contribution in [0.1, 0.15) is 12.0 Å². The number of nitrogens with zero attached hydrogens (tertiary/aromatic N) is 3. The van der Waals surface area contributed by atoms with Crippen LogP contribution in [0.4, 0.5) is 17.5 Å². The van der Waals surface area contributed by atoms with Crippen molar-refractivity contribution in [1.82, 2.24) is 15.2 Å². The molecule has 1 heterocycles. The molecule has 0 spiro atoms. The Labute approximate surface area is 146 Å². The molecule has 3 aromatic rings. The van der Waals surface area contributed by atoms with Gasteiger partial charge in [0, 0.05) is 17.3 Å². The van der Waals surface area contributed by atoms with E-state index in [9.17, 15) is 0 Å². The van der Waals surface area contributed by atoms with Crippen molar-refractivity contribution in [2.75, 3.05) is 17.2 Å². The topological polar surface area (TPSA) is 62.7 Å². The van der Waals surface area contributed by atoms with Crippen molar-refractivity contribution in [2.45, 2.75) is 12.8 Å². The maximum Gasteiger partial charge on any atom is 0.244 e. The van der Waals surface area contributed by atoms with Gasteiger partial charge in [0.15, 0.2) is 5.82 Å². The summed E-state index contributed by atoms with van der Waals surface area (Å²) in [5, 5.41) is 15.1. The molecule has 3 rings (SSSR count). The summed E-state index contributed by atoms with van der Waals surface area (Å²) in [6, 6.07) is 17.8. The average molecular weight is 340 g/mol. The minimum Gasteiger partial charge on any atom is -0.353 e. The van der Waals surface area contributed by atoms with Crippen LogP contribution in [0.15, 0.2) is 60.8 Å². The van der Waals surface area contributed by atoms with E-state index in [1.165, 1.54) is 5.56 Å². The summed E-state index contributed by atoms with van der Waals surface area (Å²) in [6.45, 7) is 0.793. The zero-order valence-electron chi connectivity index (χ0n) is 13.1. The molecule has 1 aromatic heterocycles. The highest BCUT2D eigenvalue weighted by Crippen LogP contribution is 2.17. The van der Waals surface area contributed by atoms with E-state index in [4.69, 9.17) is 11.6 Å². The number of halogens is 1. The van der Waals surface area contributed by atoms with Gasteiger partial charge in [-0.25, -0.2) is 0 Å². The second-order valence-corrected chi connectivity index (χ2v) is 5.75. The molecule has 0 saturated heterocycles. The van der Waals surface area contributed by atoms with Crippen LogP contribution in [0.3, 0.4) is 0 Å². The van der Waals surface area contributed by atoms with E-state index in [1.54, 1.807) is 6.20 Å². The van der Waals surface area contributed by atoms with E-state index >= 15 is 0 Å². The Morgan fingerprint density at radius 2 is 1.75 bits per heavy atom. The molecule has 0 radical (unpaired) electrons. The maximum absolute atomic E-state index is 5.88. The first kappa shape index (κ1) is 16.2. The number of aryl methyl sites for hydroxylation is 1. The van der Waals surface area contributed by atoms with Gasteiger partial charge in [-0.1, -0.05) is 41.9 Å². The first-order valence-electron chi connectivity index (χ1n) is 7.80. The molecule has 0 atom stereocenters. The maximum atomic E-state index is 5.88. The summed E-state index contributed by atoms with van der Waals surface area (Å²) in [7, 11) is 0. The van der Waals surface area contributed by atoms with Crippen molar-refractivity contribution in [3.05, 3.63) is 71.4 Å². The number of anilines is 3. The molecule has 0 aliphatic heterocycles. The Kier molecular flexibility index (Phi) is 5.58. The highest BCUT2D eigenvalue weighted by molar-refractivity contribution is 6.30. The number of hydrogen-bond donors (Lipinski definition) is 2. The molecule has 0 bridgehead atoms. The third kappa shape index (κ3) is 4.93. The quantitative estimate of drug-likeness (QED) is 0.628. The summed E-state index contributed by atoms with van der Waals surface area (Å²) in [4.78, 5) is 4.41. The largest absolute Gasteiger partial charge is 0.353 e. The average Bonchev–Trinajstić information content (AvgIpc) is 2.62. The lowest BCUT2D eigenvalue weighted by atomic mass is 10.1. The fraction of sp³-hybridized carbons (Fsp3) is 0.167. The van der Waals surface area contributed by atoms with Gasteiger partial charge in [0.2, 0.25) is 5.95 Å². The zero-order chi connectivity index (χ0) is 16.6. The lowest BCUT2D eigenvalue weighted by Gasteiger charge is -2.08. The van der Waals surface area contributed by atoms with Gasteiger partial charge in [0.1, 0.15) is 0 Å². The summed E-state index contributed by atoms with van der Waals surface area (Å²) in [5.41, 5.74) is 2.23. The monoisotopic (exact) mass is 339 g/mol. The van der Waals surface area contributed by atoms with Gasteiger partial charge in [-0.3, -0.25) is 0 Å². The van der Waals surface area contributed by atoms with Crippen molar-refractivity contribution < 1.29 is 0 Å². The summed E-state index contributed by atoms with van der Waals surface area (Å²) >= 11 is 5.88. The fourth-order valence-corrected chi connectivity index (χ4v) is 2.38. The van der Waals surface area contributed by atoms with Crippen molar-refractivity contribution in [1.29, 1.82) is 0 Å². The zero-order valence-corrected chi connectivity index (χ0v) is 13.9. The predicted molar refractivity (Wildman–Crippen MR) is 97.8 cm³/mol. The van der Waals surface area contributed by atoms with Crippen LogP contribution < -0.4 is 10.6 Å². The van der Waals surface area contributed by atoms with Crippen LogP contribution in [0.2, 0.25) is 5.02 Å². The third-order valence-electron chi connectivity index (χ3n) is 3.44. The molecule has 0 aliphatic carbocycles. The van der Waals surface area contributed by atoms with E-state index < -0.39 is 0 Å². The van der Waals surface area contributed by atoms with E-state index in [0.717, 1.165) is 25.1 Å². The molecular weight excluding hydrogens is 322 g/mol. The Morgan fingerprint density at radius 1 is 0.958 bits per heavy atom. The second-order valence-electron chi connectivity index (χ2n) is 5.31. The Balaban J connectivity index is 1.50. The van der Waals surface area contributed by atoms with Gasteiger partial charge in [-0.2, -0.15) is 10.1 Å². The van der Waals surface area contributed by atoms with Crippen LogP contribution in [0.25, 0.3) is 0 Å². The van der Waals surface area contributed by atoms with Gasteiger partial charge in [0.05, 0.1) is 6.20 Å². The van der Waals surface area contributed by atoms with Crippen molar-refractivity contribution in [3.8, 4) is 0 Å². The van der Waals surface area contributed by atoms with E-state index in [0.29, 0.717) is 16.8 Å². The minimum atomic E-state index is 0.516. The van der Waals surface area contributed by atoms with Crippen LogP contribution in [0.5, 0.6) is 0 Å². The molecule has 6 heteroatoms. The van der Waals surface area contributed by atoms with Crippen molar-refractivity contribution in [2.24, 2.45) is 0 Å². The van der Waals surface area contributed by atoms with Gasteiger partial charge in [-0.05, 0) is 42.7 Å². The van der Waals surface area contributed by atoms with Crippen LogP contribution in [-0.4, -0.2) is 21.7 Å². The molecule has 0 fully saturated rings. The summed E-state index contributed by atoms with van der Waals surface area (Å²) in [6.07, 6.45) is 3.61. The van der Waals surface area contributed by atoms with E-state index in [-0.39, 0.29) is 0 Å². The molecule has 0 amide bonds. The highest BCUT2D eigenvalue weighted by Gasteiger charge is 2.01. The summed E-state index contributed by atoms with van der Waals surface area (Å²) < 4.78 is 0. The standard InChI is InChI=1S/C18H18ClN5/c19-15-8-10-16(11-9-15)22-17-13-21-24-18(23-17)20-12-4-7-14-5-2-1-3-6-14/h1-3,5-6,8-11,13H,4,7,12H2,(H2,20,22,23,24). The molecule has 0 unspecified atom stereocenters. The van der Waals surface area contributed by atoms with E-state index in [1.807, 2.05) is 30.3 Å². The normalized spacial score (nSPS) is 10.4. The molecule has 0 saturated carbocycles. The molecular formula is C18H18ClN5. The second kappa shape index (κ2) is 8.26. The van der Waals surface area contributed by atoms with Gasteiger partial charge < -0.3 is 10.6 Å². The first-order valence-corrected chi connectivity index (χ1v) is 8.17. The third-order valence-corrected chi connectivity index (χ3v) is 3.70. The number of nitrogens with one attached hydrogen (secondary N) is 2. The van der Waals surface area contributed by atoms with Crippen LogP contribution in [-0.2, 0) is 6.42 Å². The van der Waals surface area contributed by atoms with Gasteiger partial charge >= 0.3 is 0 Å². The smallest absolute Gasteiger partial charge is 0.244 e. The lowest BCUT2D eigenvalue weighted by Crippen LogP contribution is -2.08. The molecule has 2 aromatic carbocycles. The Bertz CT molecular complexity index is 762. The number of aromatic nitrogens is 3. The highest BCUT2D eigenvalue weighted by atomic mass is 35.5. The Morgan fingerprint density at radius 3 is 2.54 bits per heavy atom. The Hall–Kier alpha value is -2.66. The fourth-order valence-electron chi connectivity index (χ4n) is 2.26. The molecule has 122 valence electrons. The van der Waals surface area contributed by atoms with Crippen molar-refractivity contribution in [3.63, 3.8) is 0 Å². The van der Waals surface area contributed by atoms with Crippen LogP contribution in [0, 0.1) is 0 Å². The lowest BCUT2D eigenvalue weighted by molar-refractivity contribution is 0.843. The number of benzene rings is 2. The van der Waals surface area contributed by atoms with Crippen LogP contribution >= 0.6 is 11.6 Å². The number of hydrogen-bond acceptors (Lipinski definition) is 5. The molecule has 2 N–H and O–H groups in total. The summed E-state index contributed by atoms with van der Waals surface area (Å²) in [5.74, 6) is 1.15. The predicted octanol–water partition coefficient (Wildman–Crippen LogP) is 4.31. The minimum absolute atomic E-state index is 0.516.